The molecular formula is C12H20ClNOS. The first-order valence-corrected chi connectivity index (χ1v) is 6.45. The highest BCUT2D eigenvalue weighted by molar-refractivity contribution is 7.98. The van der Waals surface area contributed by atoms with E-state index in [-0.39, 0.29) is 12.4 Å². The minimum Gasteiger partial charge on any atom is -0.492 e. The summed E-state index contributed by atoms with van der Waals surface area (Å²) in [6.07, 6.45) is 2.07. The third kappa shape index (κ3) is 6.26. The molecule has 1 N–H and O–H groups in total. The van der Waals surface area contributed by atoms with Crippen molar-refractivity contribution in [2.45, 2.75) is 24.8 Å². The van der Waals surface area contributed by atoms with Crippen molar-refractivity contribution in [1.82, 2.24) is 5.32 Å². The van der Waals surface area contributed by atoms with Gasteiger partial charge in [-0.3, -0.25) is 0 Å². The molecule has 0 aromatic heterocycles. The summed E-state index contributed by atoms with van der Waals surface area (Å²) in [6.45, 7) is 5.87. The second-order valence-electron chi connectivity index (χ2n) is 3.63. The van der Waals surface area contributed by atoms with Crippen molar-refractivity contribution in [1.29, 1.82) is 0 Å². The van der Waals surface area contributed by atoms with E-state index in [0.717, 1.165) is 18.9 Å². The molecule has 0 bridgehead atoms. The molecule has 0 aliphatic heterocycles. The van der Waals surface area contributed by atoms with Crippen LogP contribution in [0.4, 0.5) is 0 Å². The van der Waals surface area contributed by atoms with E-state index in [1.54, 1.807) is 11.8 Å². The van der Waals surface area contributed by atoms with Crippen LogP contribution in [-0.4, -0.2) is 25.4 Å². The Bertz CT molecular complexity index is 277. The van der Waals surface area contributed by atoms with Crippen LogP contribution in [0, 0.1) is 0 Å². The lowest BCUT2D eigenvalue weighted by Gasteiger charge is -2.09. The topological polar surface area (TPSA) is 21.3 Å². The molecule has 1 aromatic rings. The number of hydrogen-bond donors (Lipinski definition) is 1. The van der Waals surface area contributed by atoms with Crippen molar-refractivity contribution in [3.05, 3.63) is 24.3 Å². The van der Waals surface area contributed by atoms with Crippen LogP contribution in [0.25, 0.3) is 0 Å². The third-order valence-electron chi connectivity index (χ3n) is 1.98. The molecule has 92 valence electrons. The smallest absolute Gasteiger partial charge is 0.119 e. The van der Waals surface area contributed by atoms with Gasteiger partial charge in [-0.15, -0.1) is 24.2 Å². The number of benzene rings is 1. The summed E-state index contributed by atoms with van der Waals surface area (Å²) in [6, 6.07) is 8.71. The van der Waals surface area contributed by atoms with Crippen molar-refractivity contribution < 1.29 is 4.74 Å². The van der Waals surface area contributed by atoms with Gasteiger partial charge in [-0.25, -0.2) is 0 Å². The van der Waals surface area contributed by atoms with Gasteiger partial charge >= 0.3 is 0 Å². The molecule has 0 amide bonds. The molecule has 0 heterocycles. The maximum atomic E-state index is 5.58. The molecule has 0 saturated carbocycles. The summed E-state index contributed by atoms with van der Waals surface area (Å²) >= 11 is 1.74. The first-order chi connectivity index (χ1) is 7.22. The quantitative estimate of drug-likeness (QED) is 0.628. The van der Waals surface area contributed by atoms with Gasteiger partial charge in [0.2, 0.25) is 0 Å². The largest absolute Gasteiger partial charge is 0.492 e. The summed E-state index contributed by atoms with van der Waals surface area (Å²) in [5.41, 5.74) is 0. The number of halogens is 1. The SMILES string of the molecule is CSc1ccc(OCCNC(C)C)cc1.Cl. The van der Waals surface area contributed by atoms with Crippen LogP contribution < -0.4 is 10.1 Å². The average molecular weight is 262 g/mol. The van der Waals surface area contributed by atoms with Crippen LogP contribution in [0.5, 0.6) is 5.75 Å². The van der Waals surface area contributed by atoms with Gasteiger partial charge in [0.05, 0.1) is 0 Å². The van der Waals surface area contributed by atoms with E-state index < -0.39 is 0 Å². The molecule has 0 fully saturated rings. The van der Waals surface area contributed by atoms with E-state index in [2.05, 4.69) is 37.6 Å². The van der Waals surface area contributed by atoms with E-state index in [1.807, 2.05) is 12.1 Å². The van der Waals surface area contributed by atoms with Crippen LogP contribution in [-0.2, 0) is 0 Å². The van der Waals surface area contributed by atoms with Crippen LogP contribution in [0.3, 0.4) is 0 Å². The highest BCUT2D eigenvalue weighted by Gasteiger charge is 1.95. The molecule has 0 spiro atoms. The first kappa shape index (κ1) is 15.6. The van der Waals surface area contributed by atoms with Crippen molar-refractivity contribution >= 4 is 24.2 Å². The third-order valence-corrected chi connectivity index (χ3v) is 2.73. The number of hydrogen-bond acceptors (Lipinski definition) is 3. The van der Waals surface area contributed by atoms with Crippen molar-refractivity contribution in [3.8, 4) is 5.75 Å². The number of ether oxygens (including phenoxy) is 1. The molecular weight excluding hydrogens is 242 g/mol. The monoisotopic (exact) mass is 261 g/mol. The summed E-state index contributed by atoms with van der Waals surface area (Å²) in [5, 5.41) is 3.31. The minimum absolute atomic E-state index is 0. The van der Waals surface area contributed by atoms with E-state index in [4.69, 9.17) is 4.74 Å². The highest BCUT2D eigenvalue weighted by Crippen LogP contribution is 2.18. The number of nitrogens with one attached hydrogen (secondary N) is 1. The molecule has 16 heavy (non-hydrogen) atoms. The fraction of sp³-hybridized carbons (Fsp3) is 0.500. The van der Waals surface area contributed by atoms with Gasteiger partial charge in [-0.2, -0.15) is 0 Å². The molecule has 1 aromatic carbocycles. The van der Waals surface area contributed by atoms with Gasteiger partial charge in [0, 0.05) is 17.5 Å². The molecule has 2 nitrogen and oxygen atoms in total. The lowest BCUT2D eigenvalue weighted by atomic mass is 10.3. The number of rotatable bonds is 6. The molecule has 0 aliphatic carbocycles. The zero-order valence-electron chi connectivity index (χ0n) is 10.0. The maximum absolute atomic E-state index is 5.58. The normalized spacial score (nSPS) is 10.0. The molecule has 1 rings (SSSR count). The number of thioether (sulfide) groups is 1. The fourth-order valence-electron chi connectivity index (χ4n) is 1.19. The molecule has 0 aliphatic rings. The fourth-order valence-corrected chi connectivity index (χ4v) is 1.60. The zero-order valence-corrected chi connectivity index (χ0v) is 11.7. The molecule has 4 heteroatoms. The van der Waals surface area contributed by atoms with Crippen molar-refractivity contribution in [2.75, 3.05) is 19.4 Å². The van der Waals surface area contributed by atoms with E-state index in [0.29, 0.717) is 6.04 Å². The van der Waals surface area contributed by atoms with E-state index in [9.17, 15) is 0 Å². The van der Waals surface area contributed by atoms with Gasteiger partial charge in [0.25, 0.3) is 0 Å². The maximum Gasteiger partial charge on any atom is 0.119 e. The molecule has 0 radical (unpaired) electrons. The summed E-state index contributed by atoms with van der Waals surface area (Å²) in [4.78, 5) is 1.27. The Morgan fingerprint density at radius 3 is 2.38 bits per heavy atom. The second kappa shape index (κ2) is 8.74. The Labute approximate surface area is 109 Å². The Morgan fingerprint density at radius 2 is 1.88 bits per heavy atom. The van der Waals surface area contributed by atoms with Crippen LogP contribution in [0.2, 0.25) is 0 Å². The van der Waals surface area contributed by atoms with Crippen molar-refractivity contribution in [3.63, 3.8) is 0 Å². The molecule has 0 unspecified atom stereocenters. The average Bonchev–Trinajstić information content (AvgIpc) is 2.25. The predicted octanol–water partition coefficient (Wildman–Crippen LogP) is 3.21. The zero-order chi connectivity index (χ0) is 11.1. The predicted molar refractivity (Wildman–Crippen MR) is 74.1 cm³/mol. The Morgan fingerprint density at radius 1 is 1.25 bits per heavy atom. The van der Waals surface area contributed by atoms with Crippen LogP contribution >= 0.6 is 24.2 Å². The minimum atomic E-state index is 0. The van der Waals surface area contributed by atoms with Crippen LogP contribution in [0.1, 0.15) is 13.8 Å². The van der Waals surface area contributed by atoms with Gasteiger partial charge in [-0.1, -0.05) is 13.8 Å². The first-order valence-electron chi connectivity index (χ1n) is 5.22. The van der Waals surface area contributed by atoms with Gasteiger partial charge < -0.3 is 10.1 Å². The summed E-state index contributed by atoms with van der Waals surface area (Å²) < 4.78 is 5.58. The second-order valence-corrected chi connectivity index (χ2v) is 4.51. The molecule has 0 atom stereocenters. The summed E-state index contributed by atoms with van der Waals surface area (Å²) in [5.74, 6) is 0.943. The van der Waals surface area contributed by atoms with Gasteiger partial charge in [0.1, 0.15) is 12.4 Å². The lowest BCUT2D eigenvalue weighted by Crippen LogP contribution is -2.27. The van der Waals surface area contributed by atoms with E-state index in [1.165, 1.54) is 4.90 Å². The van der Waals surface area contributed by atoms with Crippen molar-refractivity contribution in [2.24, 2.45) is 0 Å². The van der Waals surface area contributed by atoms with Gasteiger partial charge in [0.15, 0.2) is 0 Å². The summed E-state index contributed by atoms with van der Waals surface area (Å²) in [7, 11) is 0. The van der Waals surface area contributed by atoms with Gasteiger partial charge in [-0.05, 0) is 30.5 Å². The Hall–Kier alpha value is -0.380. The van der Waals surface area contributed by atoms with Crippen LogP contribution in [0.15, 0.2) is 29.2 Å². The molecule has 0 saturated heterocycles. The Balaban J connectivity index is 0.00000225. The highest BCUT2D eigenvalue weighted by atomic mass is 35.5. The standard InChI is InChI=1S/C12H19NOS.ClH/c1-10(2)13-8-9-14-11-4-6-12(15-3)7-5-11;/h4-7,10,13H,8-9H2,1-3H3;1H. The lowest BCUT2D eigenvalue weighted by molar-refractivity contribution is 0.309. The Kier molecular flexibility index (Phi) is 8.53. The van der Waals surface area contributed by atoms with E-state index >= 15 is 0 Å².